The predicted octanol–water partition coefficient (Wildman–Crippen LogP) is 2.31. The van der Waals surface area contributed by atoms with Gasteiger partial charge in [0.15, 0.2) is 0 Å². The van der Waals surface area contributed by atoms with Gasteiger partial charge in [-0.05, 0) is 25.7 Å². The van der Waals surface area contributed by atoms with Gasteiger partial charge >= 0.3 is 0 Å². The van der Waals surface area contributed by atoms with Crippen LogP contribution < -0.4 is 0 Å². The molecule has 3 nitrogen and oxygen atoms in total. The van der Waals surface area contributed by atoms with Gasteiger partial charge in [0.05, 0.1) is 12.3 Å². The van der Waals surface area contributed by atoms with Gasteiger partial charge in [-0.1, -0.05) is 11.6 Å². The number of hydrogen-bond acceptors (Lipinski definition) is 2. The van der Waals surface area contributed by atoms with Gasteiger partial charge in [0.2, 0.25) is 0 Å². The molecule has 1 aliphatic carbocycles. The monoisotopic (exact) mass is 214 g/mol. The molecule has 4 heteroatoms. The SMILES string of the molecule is Cc1nn(C)c(Cl)c1COCC1CC1. The van der Waals surface area contributed by atoms with Gasteiger partial charge < -0.3 is 4.74 Å². The molecule has 0 aliphatic heterocycles. The summed E-state index contributed by atoms with van der Waals surface area (Å²) >= 11 is 6.07. The molecule has 1 aliphatic rings. The van der Waals surface area contributed by atoms with Crippen LogP contribution in [0.3, 0.4) is 0 Å². The largest absolute Gasteiger partial charge is 0.376 e. The van der Waals surface area contributed by atoms with Crippen LogP contribution in [0.25, 0.3) is 0 Å². The number of halogens is 1. The van der Waals surface area contributed by atoms with E-state index in [-0.39, 0.29) is 0 Å². The highest BCUT2D eigenvalue weighted by molar-refractivity contribution is 6.30. The summed E-state index contributed by atoms with van der Waals surface area (Å²) in [5.74, 6) is 0.797. The molecule has 0 saturated heterocycles. The van der Waals surface area contributed by atoms with Crippen molar-refractivity contribution < 1.29 is 4.74 Å². The van der Waals surface area contributed by atoms with Crippen molar-refractivity contribution in [2.24, 2.45) is 13.0 Å². The number of rotatable bonds is 4. The normalized spacial score (nSPS) is 16.2. The topological polar surface area (TPSA) is 27.1 Å². The summed E-state index contributed by atoms with van der Waals surface area (Å²) < 4.78 is 7.27. The Morgan fingerprint density at radius 3 is 2.79 bits per heavy atom. The van der Waals surface area contributed by atoms with Gasteiger partial charge in [-0.25, -0.2) is 0 Å². The van der Waals surface area contributed by atoms with E-state index in [1.54, 1.807) is 4.68 Å². The van der Waals surface area contributed by atoms with Crippen LogP contribution in [0.15, 0.2) is 0 Å². The van der Waals surface area contributed by atoms with Crippen LogP contribution in [0.2, 0.25) is 5.15 Å². The van der Waals surface area contributed by atoms with Crippen molar-refractivity contribution in [2.75, 3.05) is 6.61 Å². The summed E-state index contributed by atoms with van der Waals surface area (Å²) in [6.45, 7) is 3.42. The van der Waals surface area contributed by atoms with E-state index in [1.165, 1.54) is 12.8 Å². The molecule has 0 spiro atoms. The highest BCUT2D eigenvalue weighted by Crippen LogP contribution is 2.29. The molecule has 0 unspecified atom stereocenters. The molecule has 1 fully saturated rings. The van der Waals surface area contributed by atoms with Crippen molar-refractivity contribution in [2.45, 2.75) is 26.4 Å². The van der Waals surface area contributed by atoms with Crippen molar-refractivity contribution in [3.63, 3.8) is 0 Å². The molecular formula is C10H15ClN2O. The van der Waals surface area contributed by atoms with Gasteiger partial charge in [-0.15, -0.1) is 0 Å². The molecule has 78 valence electrons. The minimum absolute atomic E-state index is 0.592. The van der Waals surface area contributed by atoms with E-state index in [2.05, 4.69) is 5.10 Å². The van der Waals surface area contributed by atoms with Crippen LogP contribution in [-0.2, 0) is 18.4 Å². The zero-order valence-corrected chi connectivity index (χ0v) is 9.34. The number of ether oxygens (including phenoxy) is 1. The van der Waals surface area contributed by atoms with Gasteiger partial charge in [0, 0.05) is 19.2 Å². The molecule has 0 radical (unpaired) electrons. The standard InChI is InChI=1S/C10H15ClN2O/c1-7-9(10(11)13(2)12-7)6-14-5-8-3-4-8/h8H,3-6H2,1-2H3. The molecule has 0 aromatic carbocycles. The molecule has 0 amide bonds. The molecule has 1 aromatic heterocycles. The highest BCUT2D eigenvalue weighted by Gasteiger charge is 2.21. The molecule has 0 N–H and O–H groups in total. The zero-order chi connectivity index (χ0) is 10.1. The third kappa shape index (κ3) is 2.10. The molecule has 1 heterocycles. The second-order valence-electron chi connectivity index (χ2n) is 3.94. The number of hydrogen-bond donors (Lipinski definition) is 0. The lowest BCUT2D eigenvalue weighted by atomic mass is 10.3. The Labute approximate surface area is 89.0 Å². The van der Waals surface area contributed by atoms with Crippen LogP contribution in [0.5, 0.6) is 0 Å². The lowest BCUT2D eigenvalue weighted by Gasteiger charge is -2.02. The quantitative estimate of drug-likeness (QED) is 0.769. The van der Waals surface area contributed by atoms with Crippen molar-refractivity contribution in [3.8, 4) is 0 Å². The highest BCUT2D eigenvalue weighted by atomic mass is 35.5. The van der Waals surface area contributed by atoms with Crippen molar-refractivity contribution in [1.82, 2.24) is 9.78 Å². The number of aromatic nitrogens is 2. The molecular weight excluding hydrogens is 200 g/mol. The minimum Gasteiger partial charge on any atom is -0.376 e. The van der Waals surface area contributed by atoms with Gasteiger partial charge in [0.1, 0.15) is 5.15 Å². The van der Waals surface area contributed by atoms with Crippen LogP contribution >= 0.6 is 11.6 Å². The average Bonchev–Trinajstić information content (AvgIpc) is 2.90. The molecule has 1 aromatic rings. The Bertz CT molecular complexity index is 331. The van der Waals surface area contributed by atoms with Gasteiger partial charge in [-0.3, -0.25) is 4.68 Å². The van der Waals surface area contributed by atoms with E-state index in [9.17, 15) is 0 Å². The maximum absolute atomic E-state index is 6.07. The first-order chi connectivity index (χ1) is 6.68. The third-order valence-electron chi connectivity index (χ3n) is 2.57. The third-order valence-corrected chi connectivity index (χ3v) is 3.04. The predicted molar refractivity (Wildman–Crippen MR) is 55.3 cm³/mol. The second kappa shape index (κ2) is 3.91. The first kappa shape index (κ1) is 9.99. The van der Waals surface area contributed by atoms with Crippen molar-refractivity contribution in [1.29, 1.82) is 0 Å². The summed E-state index contributed by atoms with van der Waals surface area (Å²) in [4.78, 5) is 0. The van der Waals surface area contributed by atoms with Crippen LogP contribution in [-0.4, -0.2) is 16.4 Å². The summed E-state index contributed by atoms with van der Waals surface area (Å²) in [5.41, 5.74) is 1.99. The first-order valence-corrected chi connectivity index (χ1v) is 5.32. The van der Waals surface area contributed by atoms with E-state index in [0.717, 1.165) is 23.8 Å². The summed E-state index contributed by atoms with van der Waals surface area (Å²) in [5, 5.41) is 4.92. The van der Waals surface area contributed by atoms with E-state index in [1.807, 2.05) is 14.0 Å². The molecule has 14 heavy (non-hydrogen) atoms. The molecule has 0 bridgehead atoms. The summed E-state index contributed by atoms with van der Waals surface area (Å²) in [6.07, 6.45) is 2.64. The Balaban J connectivity index is 1.93. The van der Waals surface area contributed by atoms with Crippen LogP contribution in [0.4, 0.5) is 0 Å². The van der Waals surface area contributed by atoms with Gasteiger partial charge in [0.25, 0.3) is 0 Å². The van der Waals surface area contributed by atoms with Crippen molar-refractivity contribution in [3.05, 3.63) is 16.4 Å². The van der Waals surface area contributed by atoms with E-state index in [0.29, 0.717) is 11.8 Å². The first-order valence-electron chi connectivity index (χ1n) is 4.94. The number of nitrogens with zero attached hydrogens (tertiary/aromatic N) is 2. The van der Waals surface area contributed by atoms with Crippen LogP contribution in [0, 0.1) is 12.8 Å². The fourth-order valence-electron chi connectivity index (χ4n) is 1.45. The molecule has 1 saturated carbocycles. The van der Waals surface area contributed by atoms with Crippen molar-refractivity contribution >= 4 is 11.6 Å². The summed E-state index contributed by atoms with van der Waals surface area (Å²) in [7, 11) is 1.85. The Kier molecular flexibility index (Phi) is 2.79. The maximum Gasteiger partial charge on any atom is 0.132 e. The lowest BCUT2D eigenvalue weighted by molar-refractivity contribution is 0.111. The Morgan fingerprint density at radius 2 is 2.29 bits per heavy atom. The minimum atomic E-state index is 0.592. The number of aryl methyl sites for hydroxylation is 2. The second-order valence-corrected chi connectivity index (χ2v) is 4.29. The average molecular weight is 215 g/mol. The summed E-state index contributed by atoms with van der Waals surface area (Å²) in [6, 6.07) is 0. The smallest absolute Gasteiger partial charge is 0.132 e. The van der Waals surface area contributed by atoms with E-state index < -0.39 is 0 Å². The lowest BCUT2D eigenvalue weighted by Crippen LogP contribution is -1.98. The van der Waals surface area contributed by atoms with E-state index in [4.69, 9.17) is 16.3 Å². The molecule has 2 rings (SSSR count). The molecule has 0 atom stereocenters. The fraction of sp³-hybridized carbons (Fsp3) is 0.700. The van der Waals surface area contributed by atoms with Gasteiger partial charge in [-0.2, -0.15) is 5.10 Å². The Hall–Kier alpha value is -0.540. The fourth-order valence-corrected chi connectivity index (χ4v) is 1.68. The zero-order valence-electron chi connectivity index (χ0n) is 8.59. The maximum atomic E-state index is 6.07. The van der Waals surface area contributed by atoms with Crippen LogP contribution in [0.1, 0.15) is 24.1 Å². The Morgan fingerprint density at radius 1 is 1.57 bits per heavy atom. The van der Waals surface area contributed by atoms with E-state index >= 15 is 0 Å².